The molecule has 0 aliphatic carbocycles. The quantitative estimate of drug-likeness (QED) is 0.233. The van der Waals surface area contributed by atoms with E-state index in [0.29, 0.717) is 17.8 Å². The Balaban J connectivity index is 0.000000532. The topological polar surface area (TPSA) is 82.2 Å². The number of carbonyl (C=O) groups is 3. The number of carbonyl (C=O) groups excluding carboxylic acids is 3. The van der Waals surface area contributed by atoms with E-state index in [-0.39, 0.29) is 19.3 Å². The fraction of sp³-hybridized carbons (Fsp3) is 0.462. The van der Waals surface area contributed by atoms with Crippen molar-refractivity contribution in [2.75, 3.05) is 19.8 Å². The molecule has 0 amide bonds. The first-order valence-electron chi connectivity index (χ1n) is 5.60. The molecule has 0 bridgehead atoms. The predicted molar refractivity (Wildman–Crippen MR) is 67.4 cm³/mol. The molecule has 6 heteroatoms. The summed E-state index contributed by atoms with van der Waals surface area (Å²) in [5.74, 6) is -0.979. The van der Waals surface area contributed by atoms with E-state index in [2.05, 4.69) is 27.4 Å². The summed E-state index contributed by atoms with van der Waals surface area (Å²) in [7, 11) is 0. The van der Waals surface area contributed by atoms with Crippen LogP contribution in [-0.4, -0.2) is 44.1 Å². The molecular weight excluding hydrogens is 252 g/mol. The van der Waals surface area contributed by atoms with Gasteiger partial charge < -0.3 is 19.0 Å². The van der Waals surface area contributed by atoms with Crippen molar-refractivity contribution < 1.29 is 28.6 Å². The van der Waals surface area contributed by atoms with Gasteiger partial charge in [0.1, 0.15) is 19.3 Å². The SMILES string of the molecule is C=C(C)C(=O)OCCOC(=O)C(=C)C.O=CC1CO1. The van der Waals surface area contributed by atoms with Crippen molar-refractivity contribution in [2.24, 2.45) is 0 Å². The van der Waals surface area contributed by atoms with Crippen LogP contribution < -0.4 is 0 Å². The molecule has 1 aliphatic rings. The maximum atomic E-state index is 10.8. The summed E-state index contributed by atoms with van der Waals surface area (Å²) in [5.41, 5.74) is 0.632. The van der Waals surface area contributed by atoms with E-state index >= 15 is 0 Å². The van der Waals surface area contributed by atoms with Crippen LogP contribution in [0.5, 0.6) is 0 Å². The van der Waals surface area contributed by atoms with Crippen molar-refractivity contribution >= 4 is 18.2 Å². The van der Waals surface area contributed by atoms with Gasteiger partial charge in [0.05, 0.1) is 6.61 Å². The van der Waals surface area contributed by atoms with E-state index in [0.717, 1.165) is 6.29 Å². The van der Waals surface area contributed by atoms with E-state index in [1.165, 1.54) is 0 Å². The smallest absolute Gasteiger partial charge is 0.333 e. The molecule has 19 heavy (non-hydrogen) atoms. The fourth-order valence-electron chi connectivity index (χ4n) is 0.649. The van der Waals surface area contributed by atoms with Gasteiger partial charge in [0.15, 0.2) is 6.29 Å². The van der Waals surface area contributed by atoms with Crippen LogP contribution in [0.3, 0.4) is 0 Å². The summed E-state index contributed by atoms with van der Waals surface area (Å²) in [4.78, 5) is 31.1. The van der Waals surface area contributed by atoms with Crippen molar-refractivity contribution in [1.82, 2.24) is 0 Å². The van der Waals surface area contributed by atoms with Gasteiger partial charge in [0, 0.05) is 11.1 Å². The van der Waals surface area contributed by atoms with Crippen LogP contribution in [0.2, 0.25) is 0 Å². The average Bonchev–Trinajstić information content (AvgIpc) is 3.18. The molecule has 0 saturated carbocycles. The molecule has 0 aromatic carbocycles. The molecular formula is C13H18O6. The third kappa shape index (κ3) is 9.72. The summed E-state index contributed by atoms with van der Waals surface area (Å²) in [6.45, 7) is 10.6. The van der Waals surface area contributed by atoms with E-state index in [9.17, 15) is 14.4 Å². The van der Waals surface area contributed by atoms with Crippen LogP contribution in [0.25, 0.3) is 0 Å². The first-order chi connectivity index (χ1) is 8.88. The molecule has 1 fully saturated rings. The van der Waals surface area contributed by atoms with Gasteiger partial charge in [-0.15, -0.1) is 0 Å². The number of aldehydes is 1. The highest BCUT2D eigenvalue weighted by Crippen LogP contribution is 2.02. The second-order valence-corrected chi connectivity index (χ2v) is 3.84. The lowest BCUT2D eigenvalue weighted by Gasteiger charge is -2.05. The maximum absolute atomic E-state index is 10.8. The Hall–Kier alpha value is -1.95. The highest BCUT2D eigenvalue weighted by Gasteiger charge is 2.19. The third-order valence-electron chi connectivity index (χ3n) is 1.76. The van der Waals surface area contributed by atoms with Crippen molar-refractivity contribution in [2.45, 2.75) is 20.0 Å². The summed E-state index contributed by atoms with van der Waals surface area (Å²) in [6.07, 6.45) is 0.759. The normalized spacial score (nSPS) is 15.4. The summed E-state index contributed by atoms with van der Waals surface area (Å²) >= 11 is 0. The maximum Gasteiger partial charge on any atom is 0.333 e. The Bertz CT molecular complexity index is 339. The Morgan fingerprint density at radius 3 is 1.68 bits per heavy atom. The predicted octanol–water partition coefficient (Wildman–Crippen LogP) is 0.809. The van der Waals surface area contributed by atoms with Gasteiger partial charge in [-0.25, -0.2) is 9.59 Å². The molecule has 0 radical (unpaired) electrons. The van der Waals surface area contributed by atoms with Gasteiger partial charge in [-0.05, 0) is 13.8 Å². The van der Waals surface area contributed by atoms with Crippen molar-refractivity contribution in [3.05, 3.63) is 24.3 Å². The first kappa shape index (κ1) is 17.1. The molecule has 1 atom stereocenters. The summed E-state index contributed by atoms with van der Waals surface area (Å²) in [5, 5.41) is 0. The number of esters is 2. The molecule has 106 valence electrons. The molecule has 0 N–H and O–H groups in total. The van der Waals surface area contributed by atoms with Gasteiger partial charge in [-0.2, -0.15) is 0 Å². The lowest BCUT2D eigenvalue weighted by molar-refractivity contribution is -0.147. The van der Waals surface area contributed by atoms with Crippen LogP contribution in [0.4, 0.5) is 0 Å². The number of rotatable bonds is 6. The largest absolute Gasteiger partial charge is 0.459 e. The number of hydrogen-bond donors (Lipinski definition) is 0. The van der Waals surface area contributed by atoms with E-state index in [4.69, 9.17) is 0 Å². The minimum absolute atomic E-state index is 0.0325. The zero-order valence-corrected chi connectivity index (χ0v) is 11.1. The second kappa shape index (κ2) is 9.04. The first-order valence-corrected chi connectivity index (χ1v) is 5.60. The molecule has 1 aliphatic heterocycles. The number of epoxide rings is 1. The van der Waals surface area contributed by atoms with Crippen LogP contribution in [0, 0.1) is 0 Å². The molecule has 1 saturated heterocycles. The zero-order chi connectivity index (χ0) is 14.8. The minimum atomic E-state index is -0.489. The molecule has 0 spiro atoms. The summed E-state index contributed by atoms with van der Waals surface area (Å²) < 4.78 is 13.9. The van der Waals surface area contributed by atoms with Gasteiger partial charge in [-0.3, -0.25) is 0 Å². The molecule has 6 nitrogen and oxygen atoms in total. The highest BCUT2D eigenvalue weighted by atomic mass is 16.6. The van der Waals surface area contributed by atoms with E-state index in [1.807, 2.05) is 0 Å². The molecule has 1 rings (SSSR count). The lowest BCUT2D eigenvalue weighted by Crippen LogP contribution is -2.14. The van der Waals surface area contributed by atoms with Crippen LogP contribution >= 0.6 is 0 Å². The Morgan fingerprint density at radius 2 is 1.53 bits per heavy atom. The lowest BCUT2D eigenvalue weighted by atomic mass is 10.4. The van der Waals surface area contributed by atoms with Crippen molar-refractivity contribution in [3.8, 4) is 0 Å². The Kier molecular flexibility index (Phi) is 8.12. The zero-order valence-electron chi connectivity index (χ0n) is 11.1. The Morgan fingerprint density at radius 1 is 1.16 bits per heavy atom. The van der Waals surface area contributed by atoms with Crippen LogP contribution in [0.15, 0.2) is 24.3 Å². The van der Waals surface area contributed by atoms with Crippen molar-refractivity contribution in [1.29, 1.82) is 0 Å². The van der Waals surface area contributed by atoms with Crippen LogP contribution in [0.1, 0.15) is 13.8 Å². The average molecular weight is 270 g/mol. The van der Waals surface area contributed by atoms with E-state index in [1.54, 1.807) is 13.8 Å². The molecule has 1 unspecified atom stereocenters. The standard InChI is InChI=1S/C10H14O4.C3H4O2/c1-7(2)9(11)13-5-6-14-10(12)8(3)4;4-1-3-2-5-3/h1,3,5-6H2,2,4H3;1,3H,2H2. The molecule has 0 aromatic rings. The van der Waals surface area contributed by atoms with Gasteiger partial charge in [-0.1, -0.05) is 13.2 Å². The number of ether oxygens (including phenoxy) is 3. The van der Waals surface area contributed by atoms with Gasteiger partial charge in [0.2, 0.25) is 0 Å². The van der Waals surface area contributed by atoms with Gasteiger partial charge >= 0.3 is 11.9 Å². The molecule has 0 aromatic heterocycles. The number of hydrogen-bond acceptors (Lipinski definition) is 6. The van der Waals surface area contributed by atoms with Crippen LogP contribution in [-0.2, 0) is 28.6 Å². The second-order valence-electron chi connectivity index (χ2n) is 3.84. The molecule has 1 heterocycles. The van der Waals surface area contributed by atoms with E-state index < -0.39 is 11.9 Å². The van der Waals surface area contributed by atoms with Gasteiger partial charge in [0.25, 0.3) is 0 Å². The Labute approximate surface area is 112 Å². The third-order valence-corrected chi connectivity index (χ3v) is 1.76. The minimum Gasteiger partial charge on any atom is -0.459 e. The monoisotopic (exact) mass is 270 g/mol. The van der Waals surface area contributed by atoms with Crippen molar-refractivity contribution in [3.63, 3.8) is 0 Å². The highest BCUT2D eigenvalue weighted by molar-refractivity contribution is 5.87. The summed E-state index contributed by atoms with van der Waals surface area (Å²) in [6, 6.07) is 0. The fourth-order valence-corrected chi connectivity index (χ4v) is 0.649.